The molecule has 4 nitrogen and oxygen atoms in total. The van der Waals surface area contributed by atoms with Crippen molar-refractivity contribution in [2.75, 3.05) is 13.2 Å². The van der Waals surface area contributed by atoms with Gasteiger partial charge < -0.3 is 15.8 Å². The van der Waals surface area contributed by atoms with Crippen molar-refractivity contribution < 1.29 is 9.53 Å². The summed E-state index contributed by atoms with van der Waals surface area (Å²) in [6.07, 6.45) is 6.01. The molecular formula is C13H24N2O2. The molecule has 1 fully saturated rings. The first-order valence-corrected chi connectivity index (χ1v) is 6.38. The summed E-state index contributed by atoms with van der Waals surface area (Å²) in [4.78, 5) is 12.0. The van der Waals surface area contributed by atoms with E-state index in [-0.39, 0.29) is 5.91 Å². The lowest BCUT2D eigenvalue weighted by Gasteiger charge is -2.35. The summed E-state index contributed by atoms with van der Waals surface area (Å²) in [7, 11) is 0. The van der Waals surface area contributed by atoms with E-state index in [2.05, 4.69) is 18.8 Å². The van der Waals surface area contributed by atoms with Crippen LogP contribution in [-0.2, 0) is 9.53 Å². The summed E-state index contributed by atoms with van der Waals surface area (Å²) in [5.41, 5.74) is 5.52. The van der Waals surface area contributed by atoms with Crippen molar-refractivity contribution in [3.63, 3.8) is 0 Å². The van der Waals surface area contributed by atoms with E-state index < -0.39 is 5.54 Å². The van der Waals surface area contributed by atoms with E-state index in [0.717, 1.165) is 25.7 Å². The Labute approximate surface area is 104 Å². The van der Waals surface area contributed by atoms with Crippen molar-refractivity contribution in [1.29, 1.82) is 0 Å². The zero-order chi connectivity index (χ0) is 12.7. The molecule has 0 aromatic carbocycles. The van der Waals surface area contributed by atoms with Gasteiger partial charge in [-0.1, -0.05) is 26.3 Å². The quantitative estimate of drug-likeness (QED) is 0.547. The second kappa shape index (κ2) is 6.64. The first-order valence-electron chi connectivity index (χ1n) is 6.38. The molecule has 1 amide bonds. The molecule has 0 spiro atoms. The van der Waals surface area contributed by atoms with E-state index in [1.54, 1.807) is 0 Å². The number of hydrogen-bond donors (Lipinski definition) is 2. The molecule has 1 aliphatic carbocycles. The van der Waals surface area contributed by atoms with Crippen LogP contribution in [0.15, 0.2) is 12.8 Å². The van der Waals surface area contributed by atoms with Crippen LogP contribution in [0.5, 0.6) is 0 Å². The maximum absolute atomic E-state index is 12.0. The smallest absolute Gasteiger partial charge is 0.240 e. The third kappa shape index (κ3) is 4.38. The van der Waals surface area contributed by atoms with Gasteiger partial charge in [0.05, 0.1) is 18.4 Å². The van der Waals surface area contributed by atoms with Crippen LogP contribution in [0.25, 0.3) is 0 Å². The molecule has 4 heteroatoms. The van der Waals surface area contributed by atoms with Crippen LogP contribution in [0.1, 0.15) is 39.0 Å². The standard InChI is InChI=1S/C13H24N2O2/c1-3-17-9-5-8-15-12(16)13(14)7-4-6-11(2)10-13/h3,11H,1,4-10,14H2,2H3,(H,15,16). The van der Waals surface area contributed by atoms with Gasteiger partial charge in [-0.05, 0) is 25.2 Å². The van der Waals surface area contributed by atoms with Crippen molar-refractivity contribution in [3.8, 4) is 0 Å². The van der Waals surface area contributed by atoms with Crippen LogP contribution in [-0.4, -0.2) is 24.6 Å². The van der Waals surface area contributed by atoms with E-state index in [4.69, 9.17) is 10.5 Å². The van der Waals surface area contributed by atoms with Gasteiger partial charge in [0, 0.05) is 6.54 Å². The summed E-state index contributed by atoms with van der Waals surface area (Å²) in [6.45, 7) is 6.81. The Morgan fingerprint density at radius 3 is 3.12 bits per heavy atom. The second-order valence-electron chi connectivity index (χ2n) is 5.00. The Morgan fingerprint density at radius 2 is 2.47 bits per heavy atom. The Kier molecular flexibility index (Phi) is 5.48. The molecule has 0 saturated heterocycles. The van der Waals surface area contributed by atoms with Gasteiger partial charge in [0.25, 0.3) is 0 Å². The largest absolute Gasteiger partial charge is 0.502 e. The lowest BCUT2D eigenvalue weighted by Crippen LogP contribution is -2.56. The Balaban J connectivity index is 2.28. The lowest BCUT2D eigenvalue weighted by molar-refractivity contribution is -0.128. The second-order valence-corrected chi connectivity index (χ2v) is 5.00. The molecule has 0 aliphatic heterocycles. The molecule has 1 saturated carbocycles. The number of rotatable bonds is 6. The third-order valence-corrected chi connectivity index (χ3v) is 3.33. The van der Waals surface area contributed by atoms with Crippen LogP contribution in [0.2, 0.25) is 0 Å². The molecule has 0 heterocycles. The van der Waals surface area contributed by atoms with Crippen molar-refractivity contribution in [2.24, 2.45) is 11.7 Å². The molecule has 3 N–H and O–H groups in total. The number of ether oxygens (including phenoxy) is 1. The first kappa shape index (κ1) is 14.0. The highest BCUT2D eigenvalue weighted by atomic mass is 16.5. The van der Waals surface area contributed by atoms with E-state index >= 15 is 0 Å². The van der Waals surface area contributed by atoms with Gasteiger partial charge in [0.2, 0.25) is 5.91 Å². The van der Waals surface area contributed by atoms with Gasteiger partial charge in [0.15, 0.2) is 0 Å². The minimum Gasteiger partial charge on any atom is -0.502 e. The average molecular weight is 240 g/mol. The molecule has 1 aliphatic rings. The van der Waals surface area contributed by atoms with E-state index in [1.165, 1.54) is 12.7 Å². The minimum atomic E-state index is -0.656. The fourth-order valence-corrected chi connectivity index (χ4v) is 2.41. The van der Waals surface area contributed by atoms with Crippen LogP contribution in [0.4, 0.5) is 0 Å². The number of hydrogen-bond acceptors (Lipinski definition) is 3. The van der Waals surface area contributed by atoms with Crippen molar-refractivity contribution in [3.05, 3.63) is 12.8 Å². The van der Waals surface area contributed by atoms with Gasteiger partial charge >= 0.3 is 0 Å². The highest BCUT2D eigenvalue weighted by Gasteiger charge is 2.37. The van der Waals surface area contributed by atoms with Crippen LogP contribution in [0, 0.1) is 5.92 Å². The number of nitrogens with two attached hydrogens (primary N) is 1. The average Bonchev–Trinajstić information content (AvgIpc) is 2.28. The number of nitrogens with one attached hydrogen (secondary N) is 1. The van der Waals surface area contributed by atoms with Crippen LogP contribution in [0.3, 0.4) is 0 Å². The predicted octanol–water partition coefficient (Wildman–Crippen LogP) is 1.56. The van der Waals surface area contributed by atoms with E-state index in [9.17, 15) is 4.79 Å². The summed E-state index contributed by atoms with van der Waals surface area (Å²) < 4.78 is 4.98. The molecule has 0 aromatic heterocycles. The summed E-state index contributed by atoms with van der Waals surface area (Å²) in [5, 5.41) is 2.89. The van der Waals surface area contributed by atoms with Gasteiger partial charge in [-0.15, -0.1) is 0 Å². The zero-order valence-corrected chi connectivity index (χ0v) is 10.7. The molecule has 17 heavy (non-hydrogen) atoms. The van der Waals surface area contributed by atoms with E-state index in [0.29, 0.717) is 19.1 Å². The zero-order valence-electron chi connectivity index (χ0n) is 10.7. The molecule has 2 atom stereocenters. The lowest BCUT2D eigenvalue weighted by atomic mass is 9.76. The summed E-state index contributed by atoms with van der Waals surface area (Å²) in [6, 6.07) is 0. The van der Waals surface area contributed by atoms with E-state index in [1.807, 2.05) is 0 Å². The topological polar surface area (TPSA) is 64.3 Å². The molecule has 0 aromatic rings. The van der Waals surface area contributed by atoms with Gasteiger partial charge in [-0.3, -0.25) is 4.79 Å². The maximum Gasteiger partial charge on any atom is 0.240 e. The monoisotopic (exact) mass is 240 g/mol. The first-order chi connectivity index (χ1) is 8.08. The van der Waals surface area contributed by atoms with Crippen molar-refractivity contribution in [1.82, 2.24) is 5.32 Å². The Bertz CT molecular complexity index is 268. The van der Waals surface area contributed by atoms with Gasteiger partial charge in [0.1, 0.15) is 0 Å². The molecule has 2 unspecified atom stereocenters. The highest BCUT2D eigenvalue weighted by molar-refractivity contribution is 5.86. The fourth-order valence-electron chi connectivity index (χ4n) is 2.41. The Morgan fingerprint density at radius 1 is 1.71 bits per heavy atom. The van der Waals surface area contributed by atoms with Crippen molar-refractivity contribution >= 4 is 5.91 Å². The number of amides is 1. The van der Waals surface area contributed by atoms with Crippen LogP contribution < -0.4 is 11.1 Å². The molecule has 0 radical (unpaired) electrons. The molecule has 98 valence electrons. The fraction of sp³-hybridized carbons (Fsp3) is 0.769. The minimum absolute atomic E-state index is 0.0114. The Hall–Kier alpha value is -1.03. The molecular weight excluding hydrogens is 216 g/mol. The predicted molar refractivity (Wildman–Crippen MR) is 68.3 cm³/mol. The van der Waals surface area contributed by atoms with Gasteiger partial charge in [-0.25, -0.2) is 0 Å². The van der Waals surface area contributed by atoms with Gasteiger partial charge in [-0.2, -0.15) is 0 Å². The number of carbonyl (C=O) groups excluding carboxylic acids is 1. The molecule has 0 bridgehead atoms. The summed E-state index contributed by atoms with van der Waals surface area (Å²) in [5.74, 6) is 0.534. The summed E-state index contributed by atoms with van der Waals surface area (Å²) >= 11 is 0. The normalized spacial score (nSPS) is 28.5. The van der Waals surface area contributed by atoms with Crippen LogP contribution >= 0.6 is 0 Å². The van der Waals surface area contributed by atoms with Crippen molar-refractivity contribution in [2.45, 2.75) is 44.6 Å². The maximum atomic E-state index is 12.0. The SMILES string of the molecule is C=COCCCNC(=O)C1(N)CCCC(C)C1. The third-order valence-electron chi connectivity index (χ3n) is 3.33. The number of carbonyl (C=O) groups is 1. The molecule has 1 rings (SSSR count). The highest BCUT2D eigenvalue weighted by Crippen LogP contribution is 2.30.